The van der Waals surface area contributed by atoms with E-state index in [1.54, 1.807) is 0 Å². The van der Waals surface area contributed by atoms with Gasteiger partial charge < -0.3 is 19.8 Å². The molecule has 0 aliphatic carbocycles. The van der Waals surface area contributed by atoms with E-state index in [4.69, 9.17) is 9.15 Å². The SMILES string of the molecule is Cc1nc(CNCc2ccc3c(c2)NC(=O)CO3)oc1C. The van der Waals surface area contributed by atoms with Crippen LogP contribution in [-0.2, 0) is 17.9 Å². The molecule has 1 aliphatic rings. The molecule has 0 saturated heterocycles. The molecule has 21 heavy (non-hydrogen) atoms. The van der Waals surface area contributed by atoms with Gasteiger partial charge >= 0.3 is 0 Å². The Labute approximate surface area is 122 Å². The fraction of sp³-hybridized carbons (Fsp3) is 0.333. The van der Waals surface area contributed by atoms with Gasteiger partial charge in [0, 0.05) is 6.54 Å². The molecule has 6 heteroatoms. The minimum Gasteiger partial charge on any atom is -0.482 e. The highest BCUT2D eigenvalue weighted by molar-refractivity contribution is 5.95. The molecular formula is C15H17N3O3. The van der Waals surface area contributed by atoms with Crippen molar-refractivity contribution in [2.75, 3.05) is 11.9 Å². The number of hydrogen-bond donors (Lipinski definition) is 2. The summed E-state index contributed by atoms with van der Waals surface area (Å²) in [5, 5.41) is 6.06. The number of benzene rings is 1. The van der Waals surface area contributed by atoms with Gasteiger partial charge in [-0.05, 0) is 31.5 Å². The fourth-order valence-electron chi connectivity index (χ4n) is 2.17. The van der Waals surface area contributed by atoms with E-state index in [-0.39, 0.29) is 12.5 Å². The first-order valence-corrected chi connectivity index (χ1v) is 6.81. The summed E-state index contributed by atoms with van der Waals surface area (Å²) >= 11 is 0. The number of fused-ring (bicyclic) bond motifs is 1. The average molecular weight is 287 g/mol. The smallest absolute Gasteiger partial charge is 0.262 e. The van der Waals surface area contributed by atoms with Crippen LogP contribution in [0, 0.1) is 13.8 Å². The monoisotopic (exact) mass is 287 g/mol. The highest BCUT2D eigenvalue weighted by atomic mass is 16.5. The summed E-state index contributed by atoms with van der Waals surface area (Å²) in [5.74, 6) is 2.11. The molecule has 1 aliphatic heterocycles. The van der Waals surface area contributed by atoms with E-state index in [1.165, 1.54) is 0 Å². The Morgan fingerprint density at radius 1 is 1.33 bits per heavy atom. The van der Waals surface area contributed by atoms with Crippen molar-refractivity contribution in [2.24, 2.45) is 0 Å². The van der Waals surface area contributed by atoms with Crippen LogP contribution in [0.4, 0.5) is 5.69 Å². The predicted molar refractivity (Wildman–Crippen MR) is 77.1 cm³/mol. The zero-order chi connectivity index (χ0) is 14.8. The van der Waals surface area contributed by atoms with Crippen molar-refractivity contribution in [2.45, 2.75) is 26.9 Å². The molecule has 0 atom stereocenters. The number of hydrogen-bond acceptors (Lipinski definition) is 5. The molecule has 3 rings (SSSR count). The number of rotatable bonds is 4. The van der Waals surface area contributed by atoms with Crippen molar-refractivity contribution < 1.29 is 13.9 Å². The first kappa shape index (κ1) is 13.6. The van der Waals surface area contributed by atoms with Crippen LogP contribution in [0.1, 0.15) is 22.9 Å². The van der Waals surface area contributed by atoms with Crippen molar-refractivity contribution in [3.63, 3.8) is 0 Å². The van der Waals surface area contributed by atoms with Crippen molar-refractivity contribution in [3.05, 3.63) is 41.1 Å². The maximum atomic E-state index is 11.3. The Kier molecular flexibility index (Phi) is 3.62. The zero-order valence-corrected chi connectivity index (χ0v) is 12.0. The minimum atomic E-state index is -0.127. The first-order chi connectivity index (χ1) is 10.1. The van der Waals surface area contributed by atoms with Gasteiger partial charge in [-0.25, -0.2) is 4.98 Å². The van der Waals surface area contributed by atoms with E-state index in [1.807, 2.05) is 32.0 Å². The Morgan fingerprint density at radius 3 is 2.95 bits per heavy atom. The van der Waals surface area contributed by atoms with Crippen LogP contribution in [-0.4, -0.2) is 17.5 Å². The van der Waals surface area contributed by atoms with Gasteiger partial charge in [-0.1, -0.05) is 6.07 Å². The van der Waals surface area contributed by atoms with Gasteiger partial charge in [0.25, 0.3) is 5.91 Å². The minimum absolute atomic E-state index is 0.0768. The van der Waals surface area contributed by atoms with E-state index >= 15 is 0 Å². The highest BCUT2D eigenvalue weighted by Gasteiger charge is 2.15. The van der Waals surface area contributed by atoms with E-state index in [0.717, 1.165) is 17.0 Å². The molecule has 0 bridgehead atoms. The third-order valence-electron chi connectivity index (χ3n) is 3.35. The molecule has 1 amide bonds. The summed E-state index contributed by atoms with van der Waals surface area (Å²) in [7, 11) is 0. The van der Waals surface area contributed by atoms with Crippen molar-refractivity contribution >= 4 is 11.6 Å². The van der Waals surface area contributed by atoms with Crippen molar-refractivity contribution in [1.82, 2.24) is 10.3 Å². The number of anilines is 1. The number of carbonyl (C=O) groups is 1. The lowest BCUT2D eigenvalue weighted by Gasteiger charge is -2.18. The van der Waals surface area contributed by atoms with E-state index in [2.05, 4.69) is 15.6 Å². The predicted octanol–water partition coefficient (Wildman–Crippen LogP) is 1.91. The third-order valence-corrected chi connectivity index (χ3v) is 3.35. The second-order valence-corrected chi connectivity index (χ2v) is 5.02. The lowest BCUT2D eigenvalue weighted by Crippen LogP contribution is -2.25. The second-order valence-electron chi connectivity index (χ2n) is 5.02. The van der Waals surface area contributed by atoms with Crippen LogP contribution in [0.2, 0.25) is 0 Å². The number of aromatic nitrogens is 1. The van der Waals surface area contributed by atoms with Gasteiger partial charge in [-0.3, -0.25) is 4.79 Å². The summed E-state index contributed by atoms with van der Waals surface area (Å²) in [6.07, 6.45) is 0. The molecule has 1 aromatic heterocycles. The number of oxazole rings is 1. The molecule has 0 radical (unpaired) electrons. The number of nitrogens with zero attached hydrogens (tertiary/aromatic N) is 1. The summed E-state index contributed by atoms with van der Waals surface area (Å²) in [5.41, 5.74) is 2.69. The lowest BCUT2D eigenvalue weighted by molar-refractivity contribution is -0.118. The van der Waals surface area contributed by atoms with Gasteiger partial charge in [0.1, 0.15) is 11.5 Å². The summed E-state index contributed by atoms with van der Waals surface area (Å²) in [6, 6.07) is 5.74. The first-order valence-electron chi connectivity index (χ1n) is 6.81. The maximum Gasteiger partial charge on any atom is 0.262 e. The van der Waals surface area contributed by atoms with E-state index in [9.17, 15) is 4.79 Å². The Balaban J connectivity index is 1.60. The van der Waals surface area contributed by atoms with Crippen LogP contribution in [0.25, 0.3) is 0 Å². The second kappa shape index (κ2) is 5.57. The van der Waals surface area contributed by atoms with Gasteiger partial charge in [-0.15, -0.1) is 0 Å². The summed E-state index contributed by atoms with van der Waals surface area (Å²) in [6.45, 7) is 5.12. The van der Waals surface area contributed by atoms with Gasteiger partial charge in [0.15, 0.2) is 6.61 Å². The normalized spacial score (nSPS) is 13.5. The molecule has 1 aromatic carbocycles. The van der Waals surface area contributed by atoms with E-state index < -0.39 is 0 Å². The molecule has 110 valence electrons. The zero-order valence-electron chi connectivity index (χ0n) is 12.0. The molecule has 0 saturated carbocycles. The molecule has 6 nitrogen and oxygen atoms in total. The van der Waals surface area contributed by atoms with Crippen LogP contribution < -0.4 is 15.4 Å². The van der Waals surface area contributed by atoms with E-state index in [0.29, 0.717) is 30.4 Å². The van der Waals surface area contributed by atoms with Gasteiger partial charge in [-0.2, -0.15) is 0 Å². The Morgan fingerprint density at radius 2 is 2.19 bits per heavy atom. The largest absolute Gasteiger partial charge is 0.482 e. The summed E-state index contributed by atoms with van der Waals surface area (Å²) < 4.78 is 10.8. The molecule has 2 heterocycles. The molecule has 2 N–H and O–H groups in total. The standard InChI is InChI=1S/C15H17N3O3/c1-9-10(2)21-15(17-9)7-16-6-11-3-4-13-12(5-11)18-14(19)8-20-13/h3-5,16H,6-8H2,1-2H3,(H,18,19). The van der Waals surface area contributed by atoms with Crippen LogP contribution in [0.15, 0.2) is 22.6 Å². The topological polar surface area (TPSA) is 76.4 Å². The van der Waals surface area contributed by atoms with Gasteiger partial charge in [0.05, 0.1) is 17.9 Å². The molecule has 2 aromatic rings. The number of carbonyl (C=O) groups excluding carboxylic acids is 1. The lowest BCUT2D eigenvalue weighted by atomic mass is 10.1. The average Bonchev–Trinajstić information content (AvgIpc) is 2.77. The number of ether oxygens (including phenoxy) is 1. The van der Waals surface area contributed by atoms with Crippen LogP contribution in [0.5, 0.6) is 5.75 Å². The Bertz CT molecular complexity index is 659. The van der Waals surface area contributed by atoms with Crippen molar-refractivity contribution in [1.29, 1.82) is 0 Å². The maximum absolute atomic E-state index is 11.3. The molecule has 0 unspecified atom stereocenters. The quantitative estimate of drug-likeness (QED) is 0.898. The van der Waals surface area contributed by atoms with Crippen LogP contribution >= 0.6 is 0 Å². The van der Waals surface area contributed by atoms with Crippen molar-refractivity contribution in [3.8, 4) is 5.75 Å². The molecule has 0 spiro atoms. The molecule has 0 fully saturated rings. The number of aryl methyl sites for hydroxylation is 2. The Hall–Kier alpha value is -2.34. The highest BCUT2D eigenvalue weighted by Crippen LogP contribution is 2.28. The third kappa shape index (κ3) is 3.05. The van der Waals surface area contributed by atoms with Crippen LogP contribution in [0.3, 0.4) is 0 Å². The molecular weight excluding hydrogens is 270 g/mol. The summed E-state index contributed by atoms with van der Waals surface area (Å²) in [4.78, 5) is 15.6. The fourth-order valence-corrected chi connectivity index (χ4v) is 2.17. The number of amides is 1. The number of nitrogens with one attached hydrogen (secondary N) is 2. The van der Waals surface area contributed by atoms with Gasteiger partial charge in [0.2, 0.25) is 5.89 Å².